The highest BCUT2D eigenvalue weighted by Crippen LogP contribution is 2.30. The molecule has 6 nitrogen and oxygen atoms in total. The summed E-state index contributed by atoms with van der Waals surface area (Å²) in [5, 5.41) is 0. The van der Waals surface area contributed by atoms with Crippen molar-refractivity contribution in [1.29, 1.82) is 0 Å². The van der Waals surface area contributed by atoms with Gasteiger partial charge in [-0.2, -0.15) is 0 Å². The van der Waals surface area contributed by atoms with Crippen LogP contribution in [0.3, 0.4) is 0 Å². The summed E-state index contributed by atoms with van der Waals surface area (Å²) in [6.45, 7) is 1.76. The van der Waals surface area contributed by atoms with Crippen LogP contribution in [0.5, 0.6) is 11.5 Å². The minimum absolute atomic E-state index is 0.0153. The molecule has 1 aromatic heterocycles. The Balaban J connectivity index is 2.46. The van der Waals surface area contributed by atoms with Crippen LogP contribution in [0.1, 0.15) is 5.56 Å². The molecule has 0 spiro atoms. The van der Waals surface area contributed by atoms with E-state index in [1.54, 1.807) is 19.1 Å². The number of aryl methyl sites for hydroxylation is 1. The maximum absolute atomic E-state index is 12.6. The number of aromatic nitrogens is 1. The monoisotopic (exact) mass is 386 g/mol. The fourth-order valence-corrected chi connectivity index (χ4v) is 3.54. The largest absolute Gasteiger partial charge is 0.497 e. The van der Waals surface area contributed by atoms with Crippen molar-refractivity contribution in [2.24, 2.45) is 0 Å². The number of ether oxygens (including phenoxy) is 2. The predicted octanol–water partition coefficient (Wildman–Crippen LogP) is 2.97. The van der Waals surface area contributed by atoms with Gasteiger partial charge in [0.2, 0.25) is 0 Å². The molecule has 0 amide bonds. The van der Waals surface area contributed by atoms with Crippen molar-refractivity contribution in [2.45, 2.75) is 11.8 Å². The Morgan fingerprint density at radius 2 is 1.91 bits per heavy atom. The lowest BCUT2D eigenvalue weighted by Gasteiger charge is -2.13. The van der Waals surface area contributed by atoms with Gasteiger partial charge in [-0.15, -0.1) is 0 Å². The molecule has 0 fully saturated rings. The number of benzene rings is 1. The van der Waals surface area contributed by atoms with E-state index < -0.39 is 10.0 Å². The Morgan fingerprint density at radius 1 is 1.18 bits per heavy atom. The fourth-order valence-electron chi connectivity index (χ4n) is 1.82. The molecule has 0 aliphatic rings. The number of hydrogen-bond donors (Lipinski definition) is 1. The predicted molar refractivity (Wildman–Crippen MR) is 87.0 cm³/mol. The smallest absolute Gasteiger partial charge is 0.266 e. The molecule has 0 saturated carbocycles. The number of methoxy groups -OCH3 is 2. The van der Waals surface area contributed by atoms with Crippen LogP contribution in [-0.4, -0.2) is 27.6 Å². The third kappa shape index (κ3) is 3.50. The van der Waals surface area contributed by atoms with Crippen LogP contribution < -0.4 is 14.2 Å². The molecular formula is C14H15BrN2O4S. The molecule has 0 saturated heterocycles. The number of halogens is 1. The highest BCUT2D eigenvalue weighted by molar-refractivity contribution is 9.10. The van der Waals surface area contributed by atoms with Crippen LogP contribution in [0, 0.1) is 6.92 Å². The summed E-state index contributed by atoms with van der Waals surface area (Å²) in [7, 11) is -0.986. The molecule has 0 radical (unpaired) electrons. The van der Waals surface area contributed by atoms with Crippen LogP contribution in [0.2, 0.25) is 0 Å². The van der Waals surface area contributed by atoms with Gasteiger partial charge in [-0.25, -0.2) is 13.4 Å². The van der Waals surface area contributed by atoms with E-state index in [0.29, 0.717) is 11.3 Å². The van der Waals surface area contributed by atoms with Gasteiger partial charge in [0.1, 0.15) is 22.2 Å². The van der Waals surface area contributed by atoms with Crippen molar-refractivity contribution in [2.75, 3.05) is 18.9 Å². The van der Waals surface area contributed by atoms with Gasteiger partial charge in [-0.1, -0.05) is 0 Å². The molecule has 1 heterocycles. The summed E-state index contributed by atoms with van der Waals surface area (Å²) in [5.41, 5.74) is 0.694. The fraction of sp³-hybridized carbons (Fsp3) is 0.214. The van der Waals surface area contributed by atoms with E-state index >= 15 is 0 Å². The van der Waals surface area contributed by atoms with Crippen molar-refractivity contribution in [3.8, 4) is 11.5 Å². The van der Waals surface area contributed by atoms with E-state index in [2.05, 4.69) is 25.6 Å². The second-order valence-electron chi connectivity index (χ2n) is 4.44. The minimum atomic E-state index is -3.86. The molecule has 8 heteroatoms. The number of hydrogen-bond acceptors (Lipinski definition) is 5. The Morgan fingerprint density at radius 3 is 2.50 bits per heavy atom. The number of nitrogens with one attached hydrogen (secondary N) is 1. The van der Waals surface area contributed by atoms with E-state index in [-0.39, 0.29) is 16.5 Å². The van der Waals surface area contributed by atoms with Crippen LogP contribution in [0.15, 0.2) is 39.8 Å². The number of nitrogens with zero attached hydrogens (tertiary/aromatic N) is 1. The maximum atomic E-state index is 12.6. The molecular weight excluding hydrogens is 372 g/mol. The molecule has 22 heavy (non-hydrogen) atoms. The molecule has 1 aromatic carbocycles. The number of sulfonamides is 1. The zero-order valence-corrected chi connectivity index (χ0v) is 14.7. The first-order valence-electron chi connectivity index (χ1n) is 6.24. The first kappa shape index (κ1) is 16.6. The zero-order valence-electron chi connectivity index (χ0n) is 12.3. The average molecular weight is 387 g/mol. The summed E-state index contributed by atoms with van der Waals surface area (Å²) in [6, 6.07) is 6.33. The standard InChI is InChI=1S/C14H15BrN2O4S/c1-9-6-10(15)8-16-14(9)17-22(18,19)13-7-11(20-2)4-5-12(13)21-3/h4-8H,1-3H3,(H,16,17). The van der Waals surface area contributed by atoms with Crippen molar-refractivity contribution in [1.82, 2.24) is 4.98 Å². The normalized spacial score (nSPS) is 11.1. The molecule has 1 N–H and O–H groups in total. The van der Waals surface area contributed by atoms with Gasteiger partial charge < -0.3 is 9.47 Å². The molecule has 2 rings (SSSR count). The first-order valence-corrected chi connectivity index (χ1v) is 8.52. The molecule has 2 aromatic rings. The summed E-state index contributed by atoms with van der Waals surface area (Å²) in [4.78, 5) is 4.06. The van der Waals surface area contributed by atoms with Crippen molar-refractivity contribution < 1.29 is 17.9 Å². The molecule has 0 unspecified atom stereocenters. The molecule has 0 atom stereocenters. The molecule has 118 valence electrons. The van der Waals surface area contributed by atoms with Crippen LogP contribution in [-0.2, 0) is 10.0 Å². The minimum Gasteiger partial charge on any atom is -0.497 e. The lowest BCUT2D eigenvalue weighted by Crippen LogP contribution is -2.16. The summed E-state index contributed by atoms with van der Waals surface area (Å²) < 4.78 is 38.6. The highest BCUT2D eigenvalue weighted by atomic mass is 79.9. The Kier molecular flexibility index (Phi) is 4.92. The van der Waals surface area contributed by atoms with Gasteiger partial charge in [0.05, 0.1) is 14.2 Å². The van der Waals surface area contributed by atoms with Gasteiger partial charge in [-0.3, -0.25) is 4.72 Å². The van der Waals surface area contributed by atoms with E-state index in [0.717, 1.165) is 4.47 Å². The lowest BCUT2D eigenvalue weighted by molar-refractivity contribution is 0.392. The lowest BCUT2D eigenvalue weighted by atomic mass is 10.3. The zero-order chi connectivity index (χ0) is 16.3. The van der Waals surface area contributed by atoms with E-state index in [9.17, 15) is 8.42 Å². The summed E-state index contributed by atoms with van der Waals surface area (Å²) in [6.07, 6.45) is 1.52. The second-order valence-corrected chi connectivity index (χ2v) is 7.01. The van der Waals surface area contributed by atoms with Crippen molar-refractivity contribution in [3.63, 3.8) is 0 Å². The highest BCUT2D eigenvalue weighted by Gasteiger charge is 2.22. The topological polar surface area (TPSA) is 77.5 Å². The third-order valence-electron chi connectivity index (χ3n) is 2.94. The first-order chi connectivity index (χ1) is 10.4. The van der Waals surface area contributed by atoms with Crippen LogP contribution in [0.25, 0.3) is 0 Å². The molecule has 0 aliphatic carbocycles. The van der Waals surface area contributed by atoms with Gasteiger partial charge in [-0.05, 0) is 46.6 Å². The Bertz CT molecular complexity index is 793. The second kappa shape index (κ2) is 6.53. The average Bonchev–Trinajstić information content (AvgIpc) is 2.49. The van der Waals surface area contributed by atoms with E-state index in [4.69, 9.17) is 9.47 Å². The maximum Gasteiger partial charge on any atom is 0.266 e. The third-order valence-corrected chi connectivity index (χ3v) is 4.73. The van der Waals surface area contributed by atoms with E-state index in [1.165, 1.54) is 32.5 Å². The molecule has 0 aliphatic heterocycles. The van der Waals surface area contributed by atoms with Crippen LogP contribution >= 0.6 is 15.9 Å². The number of pyridine rings is 1. The van der Waals surface area contributed by atoms with Gasteiger partial charge in [0.25, 0.3) is 10.0 Å². The van der Waals surface area contributed by atoms with Crippen molar-refractivity contribution in [3.05, 3.63) is 40.5 Å². The SMILES string of the molecule is COc1ccc(OC)c(S(=O)(=O)Nc2ncc(Br)cc2C)c1. The van der Waals surface area contributed by atoms with Crippen molar-refractivity contribution >= 4 is 31.8 Å². The van der Waals surface area contributed by atoms with Gasteiger partial charge in [0, 0.05) is 16.7 Å². The Labute approximate surface area is 137 Å². The molecule has 0 bridgehead atoms. The number of anilines is 1. The Hall–Kier alpha value is -1.80. The summed E-state index contributed by atoms with van der Waals surface area (Å²) in [5.74, 6) is 0.901. The van der Waals surface area contributed by atoms with Crippen LogP contribution in [0.4, 0.5) is 5.82 Å². The van der Waals surface area contributed by atoms with E-state index in [1.807, 2.05) is 0 Å². The quantitative estimate of drug-likeness (QED) is 0.854. The van der Waals surface area contributed by atoms with Gasteiger partial charge >= 0.3 is 0 Å². The summed E-state index contributed by atoms with van der Waals surface area (Å²) >= 11 is 3.29. The van der Waals surface area contributed by atoms with Gasteiger partial charge in [0.15, 0.2) is 0 Å². The number of rotatable bonds is 5.